The predicted molar refractivity (Wildman–Crippen MR) is 210 cm³/mol. The van der Waals surface area contributed by atoms with Crippen LogP contribution in [-0.2, 0) is 33.3 Å². The van der Waals surface area contributed by atoms with Crippen molar-refractivity contribution in [3.05, 3.63) is 82.6 Å². The van der Waals surface area contributed by atoms with Crippen molar-refractivity contribution in [1.29, 1.82) is 0 Å². The molecule has 6 N–H and O–H groups in total. The lowest BCUT2D eigenvalue weighted by Crippen LogP contribution is -2.63. The van der Waals surface area contributed by atoms with Gasteiger partial charge in [0.25, 0.3) is 0 Å². The maximum Gasteiger partial charge on any atom is 0.201 e. The van der Waals surface area contributed by atoms with Gasteiger partial charge in [-0.15, -0.1) is 0 Å². The molecular formula is C42H46N4O10. The first-order chi connectivity index (χ1) is 27.0. The van der Waals surface area contributed by atoms with Crippen LogP contribution in [-0.4, -0.2) is 96.2 Å². The van der Waals surface area contributed by atoms with Crippen LogP contribution >= 0.6 is 0 Å². The van der Waals surface area contributed by atoms with Crippen molar-refractivity contribution in [3.8, 4) is 0 Å². The second-order valence-electron chi connectivity index (χ2n) is 13.9. The second kappa shape index (κ2) is 15.7. The van der Waals surface area contributed by atoms with Gasteiger partial charge in [-0.25, -0.2) is 0 Å². The molecule has 3 aliphatic rings. The summed E-state index contributed by atoms with van der Waals surface area (Å²) in [6.07, 6.45) is -3.11. The maximum absolute atomic E-state index is 14.5. The van der Waals surface area contributed by atoms with Gasteiger partial charge in [-0.05, 0) is 36.8 Å². The van der Waals surface area contributed by atoms with Gasteiger partial charge in [0.1, 0.15) is 19.3 Å². The predicted octanol–water partition coefficient (Wildman–Crippen LogP) is 3.67. The van der Waals surface area contributed by atoms with E-state index in [9.17, 15) is 29.7 Å². The monoisotopic (exact) mass is 766 g/mol. The number of rotatable bonds is 17. The molecule has 14 nitrogen and oxygen atoms in total. The summed E-state index contributed by atoms with van der Waals surface area (Å²) in [5, 5.41) is 48.4. The molecule has 56 heavy (non-hydrogen) atoms. The fourth-order valence-electron chi connectivity index (χ4n) is 7.64. The smallest absolute Gasteiger partial charge is 0.201 e. The number of ether oxygens (including phenoxy) is 4. The number of carbonyl (C=O) groups is 3. The average molecular weight is 767 g/mol. The summed E-state index contributed by atoms with van der Waals surface area (Å²) < 4.78 is 22.3. The zero-order valence-corrected chi connectivity index (χ0v) is 31.7. The van der Waals surface area contributed by atoms with Crippen LogP contribution in [0.3, 0.4) is 0 Å². The molecule has 0 spiro atoms. The summed E-state index contributed by atoms with van der Waals surface area (Å²) in [7, 11) is 0. The molecule has 0 aromatic heterocycles. The van der Waals surface area contributed by atoms with Crippen LogP contribution in [0.15, 0.2) is 71.4 Å². The second-order valence-corrected chi connectivity index (χ2v) is 13.9. The van der Waals surface area contributed by atoms with E-state index in [0.717, 1.165) is 10.8 Å². The lowest BCUT2D eigenvalue weighted by molar-refractivity contribution is -0.133. The third-order valence-corrected chi connectivity index (χ3v) is 10.5. The van der Waals surface area contributed by atoms with Gasteiger partial charge in [-0.3, -0.25) is 19.4 Å². The summed E-state index contributed by atoms with van der Waals surface area (Å²) in [6, 6.07) is 18.1. The Kier molecular flexibility index (Phi) is 11.0. The van der Waals surface area contributed by atoms with Crippen LogP contribution in [0.5, 0.6) is 0 Å². The molecule has 294 valence electrons. The molecule has 4 atom stereocenters. The Balaban J connectivity index is 1.42. The average Bonchev–Trinajstić information content (AvgIpc) is 3.21. The van der Waals surface area contributed by atoms with Gasteiger partial charge >= 0.3 is 0 Å². The Hall–Kier alpha value is -5.22. The van der Waals surface area contributed by atoms with E-state index >= 15 is 0 Å². The lowest BCUT2D eigenvalue weighted by Gasteiger charge is -2.44. The number of aliphatic hydroxyl groups is 3. The number of hydrogen-bond donors (Lipinski definition) is 6. The van der Waals surface area contributed by atoms with Gasteiger partial charge in [0.2, 0.25) is 5.78 Å². The number of hydrogen-bond acceptors (Lipinski definition) is 14. The molecule has 4 aromatic carbocycles. The van der Waals surface area contributed by atoms with E-state index in [0.29, 0.717) is 57.2 Å². The molecule has 2 heterocycles. The number of carbonyl (C=O) groups excluding carboxylic acids is 3. The van der Waals surface area contributed by atoms with Gasteiger partial charge in [-0.2, -0.15) is 0 Å². The summed E-state index contributed by atoms with van der Waals surface area (Å²) in [4.78, 5) is 45.6. The molecule has 0 fully saturated rings. The van der Waals surface area contributed by atoms with E-state index in [-0.39, 0.29) is 56.5 Å². The highest BCUT2D eigenvalue weighted by Crippen LogP contribution is 2.47. The van der Waals surface area contributed by atoms with E-state index < -0.39 is 40.9 Å². The van der Waals surface area contributed by atoms with Gasteiger partial charge in [0, 0.05) is 59.0 Å². The van der Waals surface area contributed by atoms with Gasteiger partial charge in [0.05, 0.1) is 35.4 Å². The molecule has 7 rings (SSSR count). The molecule has 1 aliphatic carbocycles. The molecule has 0 radical (unpaired) electrons. The van der Waals surface area contributed by atoms with Crippen molar-refractivity contribution in [1.82, 2.24) is 0 Å². The molecule has 14 heteroatoms. The van der Waals surface area contributed by atoms with Gasteiger partial charge < -0.3 is 50.2 Å². The van der Waals surface area contributed by atoms with Crippen LogP contribution < -0.4 is 26.5 Å². The molecule has 4 unspecified atom stereocenters. The number of allylic oxidation sites excluding steroid dienone is 2. The number of Topliss-reactive ketones (excluding diaryl/α,β-unsaturated/α-hetero) is 3. The minimum Gasteiger partial charge on any atom is -0.506 e. The SMILES string of the molecule is CCOCOCC1(C(O)C(=O)CC)N=c2/c(=C3/C(=O)C(c4ccc5cccc6c5c4NC(COCOCC)(C(O)C(=O)CC)N6)=C3O)ccc3cccc(c23)N1. The lowest BCUT2D eigenvalue weighted by atomic mass is 9.79. The standard InChI is InChI=1S/C42H46N4O10/c1-5-29(47)39(51)41(19-55-21-53-7-3)43-27-13-9-11-23-15-17-25(35(45-41)31(23)27)33-37(49)34(38(33)50)26-18-16-24-12-10-14-28-32(24)36(26)46-42(44-28,20-56-22-54-8-4)40(52)30(48)6-2/h9-18,39-40,43-45,49,51-52H,5-8,19-22H2,1-4H3/b34-26+. The van der Waals surface area contributed by atoms with Crippen molar-refractivity contribution in [2.24, 2.45) is 4.99 Å². The molecule has 0 saturated carbocycles. The number of ketones is 3. The van der Waals surface area contributed by atoms with E-state index in [1.807, 2.05) is 50.2 Å². The van der Waals surface area contributed by atoms with Crippen LogP contribution in [0.25, 0.3) is 32.7 Å². The van der Waals surface area contributed by atoms with Crippen LogP contribution in [0.2, 0.25) is 0 Å². The van der Waals surface area contributed by atoms with Crippen molar-refractivity contribution < 1.29 is 48.7 Å². The highest BCUT2D eigenvalue weighted by atomic mass is 16.7. The first-order valence-electron chi connectivity index (χ1n) is 18.8. The van der Waals surface area contributed by atoms with Crippen LogP contribution in [0.4, 0.5) is 17.1 Å². The van der Waals surface area contributed by atoms with Crippen molar-refractivity contribution in [2.45, 2.75) is 64.1 Å². The van der Waals surface area contributed by atoms with Crippen molar-refractivity contribution in [3.63, 3.8) is 0 Å². The van der Waals surface area contributed by atoms with Gasteiger partial charge in [-0.1, -0.05) is 62.4 Å². The molecule has 2 aliphatic heterocycles. The van der Waals surface area contributed by atoms with Crippen molar-refractivity contribution in [2.75, 3.05) is 56.0 Å². The summed E-state index contributed by atoms with van der Waals surface area (Å²) >= 11 is 0. The summed E-state index contributed by atoms with van der Waals surface area (Å²) in [5.41, 5.74) is -1.33. The Morgan fingerprint density at radius 2 is 1.32 bits per heavy atom. The largest absolute Gasteiger partial charge is 0.506 e. The highest BCUT2D eigenvalue weighted by molar-refractivity contribution is 6.52. The molecule has 4 aromatic rings. The molecular weight excluding hydrogens is 720 g/mol. The summed E-state index contributed by atoms with van der Waals surface area (Å²) in [5.74, 6) is -1.69. The Labute approximate surface area is 322 Å². The molecule has 0 bridgehead atoms. The molecule has 0 saturated heterocycles. The minimum atomic E-state index is -1.68. The first kappa shape index (κ1) is 39.0. The minimum absolute atomic E-state index is 0.000168. The van der Waals surface area contributed by atoms with E-state index in [2.05, 4.69) is 16.0 Å². The van der Waals surface area contributed by atoms with E-state index in [1.54, 1.807) is 38.1 Å². The first-order valence-corrected chi connectivity index (χ1v) is 18.8. The highest BCUT2D eigenvalue weighted by Gasteiger charge is 2.48. The number of benzene rings is 4. The normalized spacial score (nSPS) is 21.8. The zero-order chi connectivity index (χ0) is 39.8. The van der Waals surface area contributed by atoms with Crippen LogP contribution in [0, 0.1) is 0 Å². The fraction of sp³-hybridized carbons (Fsp3) is 0.381. The van der Waals surface area contributed by atoms with Gasteiger partial charge in [0.15, 0.2) is 35.1 Å². The Bertz CT molecular complexity index is 2400. The number of aliphatic hydroxyl groups excluding tert-OH is 3. The zero-order valence-electron chi connectivity index (χ0n) is 31.7. The number of nitrogens with one attached hydrogen (secondary N) is 3. The fourth-order valence-corrected chi connectivity index (χ4v) is 7.64. The number of anilines is 3. The molecule has 0 amide bonds. The topological polar surface area (TPSA) is 197 Å². The van der Waals surface area contributed by atoms with E-state index in [1.165, 1.54) is 0 Å². The maximum atomic E-state index is 14.5. The quantitative estimate of drug-likeness (QED) is 0.0674. The number of nitrogens with zero attached hydrogens (tertiary/aromatic N) is 1. The third-order valence-electron chi connectivity index (χ3n) is 10.5. The third kappa shape index (κ3) is 6.51. The van der Waals surface area contributed by atoms with Crippen LogP contribution in [0.1, 0.15) is 46.1 Å². The Morgan fingerprint density at radius 1 is 0.714 bits per heavy atom. The summed E-state index contributed by atoms with van der Waals surface area (Å²) in [6.45, 7) is 7.09. The van der Waals surface area contributed by atoms with Crippen molar-refractivity contribution >= 4 is 67.1 Å². The Morgan fingerprint density at radius 3 is 1.96 bits per heavy atom. The van der Waals surface area contributed by atoms with E-state index in [4.69, 9.17) is 23.9 Å².